The minimum atomic E-state index is 0.192. The van der Waals surface area contributed by atoms with Gasteiger partial charge in [0.2, 0.25) is 0 Å². The van der Waals surface area contributed by atoms with Crippen LogP contribution in [0.4, 0.5) is 0 Å². The molecule has 3 heteroatoms. The predicted octanol–water partition coefficient (Wildman–Crippen LogP) is 4.94. The zero-order valence-electron chi connectivity index (χ0n) is 8.06. The summed E-state index contributed by atoms with van der Waals surface area (Å²) in [6.45, 7) is 2.13. The molecule has 0 nitrogen and oxygen atoms in total. The Morgan fingerprint density at radius 3 is 2.50 bits per heavy atom. The average Bonchev–Trinajstić information content (AvgIpc) is 2.12. The monoisotopic (exact) mass is 250 g/mol. The average molecular weight is 252 g/mol. The summed E-state index contributed by atoms with van der Waals surface area (Å²) in [6, 6.07) is 5.67. The summed E-state index contributed by atoms with van der Waals surface area (Å²) in [7, 11) is 0. The summed E-state index contributed by atoms with van der Waals surface area (Å²) in [6.07, 6.45) is 2.99. The Balaban J connectivity index is 2.63. The molecule has 0 aliphatic heterocycles. The molecule has 1 rings (SSSR count). The van der Waals surface area contributed by atoms with E-state index in [1.54, 1.807) is 0 Å². The second-order valence-electron chi connectivity index (χ2n) is 3.34. The standard InChI is InChI=1S/C11H13Cl3/c1-2-3-9(12)6-8-4-5-10(13)11(14)7-8/h4-5,7,9H,2-3,6H2,1H3. The highest BCUT2D eigenvalue weighted by Crippen LogP contribution is 2.24. The lowest BCUT2D eigenvalue weighted by atomic mass is 10.1. The molecule has 0 heterocycles. The molecule has 1 unspecified atom stereocenters. The van der Waals surface area contributed by atoms with Crippen LogP contribution in [0.5, 0.6) is 0 Å². The van der Waals surface area contributed by atoms with Gasteiger partial charge in [-0.05, 0) is 30.5 Å². The van der Waals surface area contributed by atoms with Crippen molar-refractivity contribution >= 4 is 34.8 Å². The van der Waals surface area contributed by atoms with Gasteiger partial charge in [0.15, 0.2) is 0 Å². The van der Waals surface area contributed by atoms with Crippen LogP contribution in [0.3, 0.4) is 0 Å². The van der Waals surface area contributed by atoms with Gasteiger partial charge in [-0.3, -0.25) is 0 Å². The minimum Gasteiger partial charge on any atom is -0.123 e. The zero-order chi connectivity index (χ0) is 10.6. The van der Waals surface area contributed by atoms with Gasteiger partial charge in [-0.15, -0.1) is 11.6 Å². The van der Waals surface area contributed by atoms with Crippen molar-refractivity contribution in [3.8, 4) is 0 Å². The predicted molar refractivity (Wildman–Crippen MR) is 64.7 cm³/mol. The molecule has 0 saturated carbocycles. The van der Waals surface area contributed by atoms with Crippen molar-refractivity contribution in [1.82, 2.24) is 0 Å². The Morgan fingerprint density at radius 1 is 1.21 bits per heavy atom. The maximum absolute atomic E-state index is 6.13. The number of hydrogen-bond acceptors (Lipinski definition) is 0. The quantitative estimate of drug-likeness (QED) is 0.665. The van der Waals surface area contributed by atoms with Crippen LogP contribution >= 0.6 is 34.8 Å². The van der Waals surface area contributed by atoms with E-state index in [-0.39, 0.29) is 5.38 Å². The van der Waals surface area contributed by atoms with Crippen LogP contribution < -0.4 is 0 Å². The van der Waals surface area contributed by atoms with Crippen molar-refractivity contribution in [1.29, 1.82) is 0 Å². The number of benzene rings is 1. The second-order valence-corrected chi connectivity index (χ2v) is 4.77. The molecule has 0 N–H and O–H groups in total. The molecule has 1 aromatic carbocycles. The lowest BCUT2D eigenvalue weighted by Gasteiger charge is -2.08. The molecule has 0 amide bonds. The van der Waals surface area contributed by atoms with Gasteiger partial charge in [0, 0.05) is 5.38 Å². The molecule has 0 fully saturated rings. The fourth-order valence-electron chi connectivity index (χ4n) is 1.34. The summed E-state index contributed by atoms with van der Waals surface area (Å²) in [5.74, 6) is 0. The van der Waals surface area contributed by atoms with E-state index in [1.807, 2.05) is 18.2 Å². The van der Waals surface area contributed by atoms with E-state index < -0.39 is 0 Å². The molecule has 0 spiro atoms. The van der Waals surface area contributed by atoms with Gasteiger partial charge >= 0.3 is 0 Å². The topological polar surface area (TPSA) is 0 Å². The molecule has 0 radical (unpaired) electrons. The highest BCUT2D eigenvalue weighted by molar-refractivity contribution is 6.42. The van der Waals surface area contributed by atoms with Gasteiger partial charge in [-0.1, -0.05) is 42.6 Å². The zero-order valence-corrected chi connectivity index (χ0v) is 10.3. The summed E-state index contributed by atoms with van der Waals surface area (Å²) in [5.41, 5.74) is 1.15. The van der Waals surface area contributed by atoms with E-state index in [2.05, 4.69) is 6.92 Å². The maximum Gasteiger partial charge on any atom is 0.0595 e. The summed E-state index contributed by atoms with van der Waals surface area (Å²) in [5, 5.41) is 1.39. The van der Waals surface area contributed by atoms with Crippen LogP contribution in [0.25, 0.3) is 0 Å². The second kappa shape index (κ2) is 5.85. The largest absolute Gasteiger partial charge is 0.123 e. The Labute approximate surface area is 100 Å². The Kier molecular flexibility index (Phi) is 5.08. The molecule has 1 aromatic rings. The van der Waals surface area contributed by atoms with E-state index in [9.17, 15) is 0 Å². The highest BCUT2D eigenvalue weighted by atomic mass is 35.5. The van der Waals surface area contributed by atoms with Crippen LogP contribution in [0.1, 0.15) is 25.3 Å². The molecule has 0 aliphatic carbocycles. The van der Waals surface area contributed by atoms with Crippen LogP contribution in [0, 0.1) is 0 Å². The van der Waals surface area contributed by atoms with Gasteiger partial charge in [0.1, 0.15) is 0 Å². The van der Waals surface area contributed by atoms with Crippen molar-refractivity contribution in [2.75, 3.05) is 0 Å². The molecule has 14 heavy (non-hydrogen) atoms. The SMILES string of the molecule is CCCC(Cl)Cc1ccc(Cl)c(Cl)c1. The fraction of sp³-hybridized carbons (Fsp3) is 0.455. The van der Waals surface area contributed by atoms with Crippen molar-refractivity contribution < 1.29 is 0 Å². The van der Waals surface area contributed by atoms with E-state index >= 15 is 0 Å². The Morgan fingerprint density at radius 2 is 1.93 bits per heavy atom. The minimum absolute atomic E-state index is 0.192. The highest BCUT2D eigenvalue weighted by Gasteiger charge is 2.06. The van der Waals surface area contributed by atoms with Gasteiger partial charge in [0.05, 0.1) is 10.0 Å². The van der Waals surface area contributed by atoms with Crippen LogP contribution in [-0.4, -0.2) is 5.38 Å². The van der Waals surface area contributed by atoms with Gasteiger partial charge < -0.3 is 0 Å². The molecule has 0 bridgehead atoms. The van der Waals surface area contributed by atoms with E-state index in [1.165, 1.54) is 0 Å². The Hall–Kier alpha value is 0.0900. The smallest absolute Gasteiger partial charge is 0.0595 e. The van der Waals surface area contributed by atoms with Crippen molar-refractivity contribution in [2.24, 2.45) is 0 Å². The van der Waals surface area contributed by atoms with Crippen LogP contribution in [0.2, 0.25) is 10.0 Å². The summed E-state index contributed by atoms with van der Waals surface area (Å²) >= 11 is 17.8. The number of alkyl halides is 1. The molecular weight excluding hydrogens is 238 g/mol. The summed E-state index contributed by atoms with van der Waals surface area (Å²) < 4.78 is 0. The fourth-order valence-corrected chi connectivity index (χ4v) is 2.05. The number of hydrogen-bond donors (Lipinski definition) is 0. The molecule has 78 valence electrons. The maximum atomic E-state index is 6.13. The molecular formula is C11H13Cl3. The molecule has 0 saturated heterocycles. The third-order valence-corrected chi connectivity index (χ3v) is 3.15. The normalized spacial score (nSPS) is 12.9. The number of rotatable bonds is 4. The molecule has 0 aliphatic rings. The van der Waals surface area contributed by atoms with Crippen LogP contribution in [-0.2, 0) is 6.42 Å². The molecule has 0 aromatic heterocycles. The first-order valence-electron chi connectivity index (χ1n) is 4.71. The first-order valence-corrected chi connectivity index (χ1v) is 5.90. The number of halogens is 3. The van der Waals surface area contributed by atoms with Crippen molar-refractivity contribution in [2.45, 2.75) is 31.6 Å². The first kappa shape index (κ1) is 12.2. The van der Waals surface area contributed by atoms with Crippen LogP contribution in [0.15, 0.2) is 18.2 Å². The third-order valence-electron chi connectivity index (χ3n) is 2.04. The first-order chi connectivity index (χ1) is 6.63. The third kappa shape index (κ3) is 3.68. The van der Waals surface area contributed by atoms with E-state index in [0.717, 1.165) is 24.8 Å². The molecule has 1 atom stereocenters. The van der Waals surface area contributed by atoms with Gasteiger partial charge in [0.25, 0.3) is 0 Å². The van der Waals surface area contributed by atoms with E-state index in [4.69, 9.17) is 34.8 Å². The van der Waals surface area contributed by atoms with E-state index in [0.29, 0.717) is 10.0 Å². The Bertz CT molecular complexity index is 297. The van der Waals surface area contributed by atoms with Gasteiger partial charge in [-0.25, -0.2) is 0 Å². The van der Waals surface area contributed by atoms with Crippen molar-refractivity contribution in [3.05, 3.63) is 33.8 Å². The van der Waals surface area contributed by atoms with Gasteiger partial charge in [-0.2, -0.15) is 0 Å². The lowest BCUT2D eigenvalue weighted by Crippen LogP contribution is -2.02. The summed E-state index contributed by atoms with van der Waals surface area (Å²) in [4.78, 5) is 0. The lowest BCUT2D eigenvalue weighted by molar-refractivity contribution is 0.726. The van der Waals surface area contributed by atoms with Crippen molar-refractivity contribution in [3.63, 3.8) is 0 Å².